The fourth-order valence-electron chi connectivity index (χ4n) is 3.32. The average molecular weight is 410 g/mol. The lowest BCUT2D eigenvalue weighted by Gasteiger charge is -2.23. The van der Waals surface area contributed by atoms with Crippen LogP contribution in [0.3, 0.4) is 0 Å². The molecule has 29 heavy (non-hydrogen) atoms. The van der Waals surface area contributed by atoms with Crippen LogP contribution in [0.1, 0.15) is 17.4 Å². The lowest BCUT2D eigenvalue weighted by Crippen LogP contribution is -2.29. The molecule has 4 rings (SSSR count). The quantitative estimate of drug-likeness (QED) is 0.388. The Hall–Kier alpha value is -3.51. The van der Waals surface area contributed by atoms with Gasteiger partial charge in [0.2, 0.25) is 0 Å². The van der Waals surface area contributed by atoms with E-state index in [1.165, 1.54) is 18.3 Å². The number of anilines is 1. The number of ether oxygens (including phenoxy) is 1. The van der Waals surface area contributed by atoms with Crippen LogP contribution in [-0.2, 0) is 9.59 Å². The monoisotopic (exact) mass is 409 g/mol. The number of furan rings is 1. The first-order chi connectivity index (χ1) is 14.0. The first-order valence-corrected chi connectivity index (χ1v) is 9.13. The number of carbonyl (C=O) groups excluding carboxylic acids is 2. The molecule has 0 aliphatic carbocycles. The SMILES string of the molecule is COc1ccc(/C(O)=C2/C(=O)C(=O)N(c3ccc(Cl)cc3)C2c2ccco2)cc1. The number of aliphatic hydroxyl groups is 1. The Balaban J connectivity index is 1.88. The van der Waals surface area contributed by atoms with Gasteiger partial charge in [-0.25, -0.2) is 0 Å². The van der Waals surface area contributed by atoms with Gasteiger partial charge < -0.3 is 14.3 Å². The van der Waals surface area contributed by atoms with Gasteiger partial charge in [0.1, 0.15) is 23.3 Å². The zero-order valence-electron chi connectivity index (χ0n) is 15.3. The summed E-state index contributed by atoms with van der Waals surface area (Å²) in [5, 5.41) is 11.4. The van der Waals surface area contributed by atoms with Gasteiger partial charge in [0.25, 0.3) is 11.7 Å². The van der Waals surface area contributed by atoms with Crippen LogP contribution >= 0.6 is 11.6 Å². The number of nitrogens with zero attached hydrogens (tertiary/aromatic N) is 1. The fourth-order valence-corrected chi connectivity index (χ4v) is 3.45. The van der Waals surface area contributed by atoms with Gasteiger partial charge in [-0.1, -0.05) is 11.6 Å². The van der Waals surface area contributed by atoms with E-state index in [1.54, 1.807) is 60.7 Å². The Bertz CT molecular complexity index is 1090. The molecule has 1 aliphatic heterocycles. The van der Waals surface area contributed by atoms with Gasteiger partial charge in [-0.3, -0.25) is 14.5 Å². The molecule has 1 saturated heterocycles. The van der Waals surface area contributed by atoms with Crippen molar-refractivity contribution in [3.8, 4) is 5.75 Å². The number of aliphatic hydroxyl groups excluding tert-OH is 1. The average Bonchev–Trinajstić information content (AvgIpc) is 3.36. The highest BCUT2D eigenvalue weighted by Gasteiger charge is 2.48. The summed E-state index contributed by atoms with van der Waals surface area (Å²) in [6, 6.07) is 15.5. The van der Waals surface area contributed by atoms with Gasteiger partial charge >= 0.3 is 0 Å². The van der Waals surface area contributed by atoms with Crippen LogP contribution in [-0.4, -0.2) is 23.9 Å². The van der Waals surface area contributed by atoms with Crippen LogP contribution in [0.5, 0.6) is 5.75 Å². The largest absolute Gasteiger partial charge is 0.507 e. The van der Waals surface area contributed by atoms with Crippen molar-refractivity contribution in [3.63, 3.8) is 0 Å². The molecule has 146 valence electrons. The molecule has 0 bridgehead atoms. The molecule has 0 saturated carbocycles. The van der Waals surface area contributed by atoms with Gasteiger partial charge in [0, 0.05) is 16.3 Å². The van der Waals surface area contributed by atoms with E-state index in [0.717, 1.165) is 0 Å². The summed E-state index contributed by atoms with van der Waals surface area (Å²) in [7, 11) is 1.53. The van der Waals surface area contributed by atoms with Crippen molar-refractivity contribution in [1.29, 1.82) is 0 Å². The summed E-state index contributed by atoms with van der Waals surface area (Å²) >= 11 is 5.95. The molecule has 1 amide bonds. The van der Waals surface area contributed by atoms with Gasteiger partial charge in [-0.2, -0.15) is 0 Å². The topological polar surface area (TPSA) is 80.0 Å². The predicted octanol–water partition coefficient (Wildman–Crippen LogP) is 4.57. The van der Waals surface area contributed by atoms with Gasteiger partial charge in [0.15, 0.2) is 0 Å². The second-order valence-electron chi connectivity index (χ2n) is 6.39. The Morgan fingerprint density at radius 3 is 2.34 bits per heavy atom. The number of benzene rings is 2. The van der Waals surface area contributed by atoms with Crippen LogP contribution in [0.25, 0.3) is 5.76 Å². The molecule has 1 aliphatic rings. The molecule has 1 fully saturated rings. The van der Waals surface area contributed by atoms with E-state index in [-0.39, 0.29) is 11.3 Å². The van der Waals surface area contributed by atoms with Crippen molar-refractivity contribution in [2.75, 3.05) is 12.0 Å². The Morgan fingerprint density at radius 2 is 1.76 bits per heavy atom. The third kappa shape index (κ3) is 3.28. The van der Waals surface area contributed by atoms with Crippen LogP contribution in [0.2, 0.25) is 5.02 Å². The fraction of sp³-hybridized carbons (Fsp3) is 0.0909. The van der Waals surface area contributed by atoms with E-state index in [9.17, 15) is 14.7 Å². The second kappa shape index (κ2) is 7.48. The van der Waals surface area contributed by atoms with Crippen molar-refractivity contribution in [2.24, 2.45) is 0 Å². The number of rotatable bonds is 4. The maximum absolute atomic E-state index is 12.9. The van der Waals surface area contributed by atoms with Crippen LogP contribution in [0, 0.1) is 0 Å². The zero-order chi connectivity index (χ0) is 20.5. The van der Waals surface area contributed by atoms with E-state index < -0.39 is 17.7 Å². The molecular weight excluding hydrogens is 394 g/mol. The molecule has 1 N–H and O–H groups in total. The summed E-state index contributed by atoms with van der Waals surface area (Å²) in [6.45, 7) is 0. The van der Waals surface area contributed by atoms with E-state index >= 15 is 0 Å². The highest BCUT2D eigenvalue weighted by molar-refractivity contribution is 6.51. The van der Waals surface area contributed by atoms with Crippen LogP contribution < -0.4 is 9.64 Å². The molecular formula is C22H16ClNO5. The highest BCUT2D eigenvalue weighted by atomic mass is 35.5. The molecule has 2 aromatic carbocycles. The lowest BCUT2D eigenvalue weighted by molar-refractivity contribution is -0.132. The zero-order valence-corrected chi connectivity index (χ0v) is 16.1. The number of hydrogen-bond donors (Lipinski definition) is 1. The molecule has 1 aromatic heterocycles. The molecule has 6 nitrogen and oxygen atoms in total. The highest BCUT2D eigenvalue weighted by Crippen LogP contribution is 2.42. The molecule has 0 radical (unpaired) electrons. The lowest BCUT2D eigenvalue weighted by atomic mass is 9.99. The Labute approximate surface area is 171 Å². The molecule has 3 aromatic rings. The van der Waals surface area contributed by atoms with Gasteiger partial charge in [-0.15, -0.1) is 0 Å². The molecule has 0 spiro atoms. The minimum atomic E-state index is -0.909. The van der Waals surface area contributed by atoms with Gasteiger partial charge in [0.05, 0.1) is 18.9 Å². The van der Waals surface area contributed by atoms with Crippen molar-refractivity contribution in [3.05, 3.63) is 88.8 Å². The molecule has 1 atom stereocenters. The summed E-state index contributed by atoms with van der Waals surface area (Å²) < 4.78 is 10.6. The first kappa shape index (κ1) is 18.8. The predicted molar refractivity (Wildman–Crippen MR) is 108 cm³/mol. The Morgan fingerprint density at radius 1 is 1.07 bits per heavy atom. The first-order valence-electron chi connectivity index (χ1n) is 8.75. The van der Waals surface area contributed by atoms with Crippen LogP contribution in [0.15, 0.2) is 76.9 Å². The number of carbonyl (C=O) groups is 2. The summed E-state index contributed by atoms with van der Waals surface area (Å²) in [5.41, 5.74) is 0.799. The maximum atomic E-state index is 12.9. The smallest absolute Gasteiger partial charge is 0.300 e. The number of hydrogen-bond acceptors (Lipinski definition) is 5. The maximum Gasteiger partial charge on any atom is 0.300 e. The summed E-state index contributed by atoms with van der Waals surface area (Å²) in [5.74, 6) is -0.887. The van der Waals surface area contributed by atoms with E-state index in [4.69, 9.17) is 20.8 Å². The summed E-state index contributed by atoms with van der Waals surface area (Å²) in [6.07, 6.45) is 1.45. The number of Topliss-reactive ketones (excluding diaryl/α,β-unsaturated/α-hetero) is 1. The molecule has 7 heteroatoms. The minimum Gasteiger partial charge on any atom is -0.507 e. The minimum absolute atomic E-state index is 0.0509. The molecule has 1 unspecified atom stereocenters. The normalized spacial score (nSPS) is 18.3. The number of amides is 1. The number of methoxy groups -OCH3 is 1. The standard InChI is InChI=1S/C22H16ClNO5/c1-28-16-10-4-13(5-11-16)20(25)18-19(17-3-2-12-29-17)24(22(27)21(18)26)15-8-6-14(23)7-9-15/h2-12,19,25H,1H3/b20-18-. The van der Waals surface area contributed by atoms with E-state index in [2.05, 4.69) is 0 Å². The van der Waals surface area contributed by atoms with Crippen molar-refractivity contribution in [1.82, 2.24) is 0 Å². The van der Waals surface area contributed by atoms with Crippen molar-refractivity contribution >= 4 is 34.7 Å². The number of ketones is 1. The third-order valence-corrected chi connectivity index (χ3v) is 4.98. The summed E-state index contributed by atoms with van der Waals surface area (Å²) in [4.78, 5) is 27.1. The van der Waals surface area contributed by atoms with Gasteiger partial charge in [-0.05, 0) is 60.7 Å². The second-order valence-corrected chi connectivity index (χ2v) is 6.83. The van der Waals surface area contributed by atoms with E-state index in [1.807, 2.05) is 0 Å². The van der Waals surface area contributed by atoms with Crippen molar-refractivity contribution < 1.29 is 23.8 Å². The molecule has 2 heterocycles. The number of halogens is 1. The van der Waals surface area contributed by atoms with E-state index in [0.29, 0.717) is 27.8 Å². The third-order valence-electron chi connectivity index (χ3n) is 4.73. The van der Waals surface area contributed by atoms with Crippen LogP contribution in [0.4, 0.5) is 5.69 Å². The van der Waals surface area contributed by atoms with Crippen molar-refractivity contribution in [2.45, 2.75) is 6.04 Å². The Kier molecular flexibility index (Phi) is 4.86.